The number of fused-ring (bicyclic) bond motifs is 1. The SMILES string of the molecule is C[C@@H]1O[C@@H](OC[C@H]2O[C@@H](Oc3c(-c4ccc(O)c(O)c4)oc4cc(O)cc(O)c4c3=O)[C@H](O)[C@H](O)[C@@H]2O)[C@@H](O)[C@@H](O)[C@H]1O. The maximum Gasteiger partial charge on any atom is 0.239 e. The second-order valence-corrected chi connectivity index (χ2v) is 10.3. The lowest BCUT2D eigenvalue weighted by atomic mass is 9.98. The summed E-state index contributed by atoms with van der Waals surface area (Å²) in [5.74, 6) is -3.33. The number of hydrogen-bond acceptors (Lipinski definition) is 16. The van der Waals surface area contributed by atoms with E-state index in [1.807, 2.05) is 0 Å². The highest BCUT2D eigenvalue weighted by Crippen LogP contribution is 2.39. The van der Waals surface area contributed by atoms with E-state index in [4.69, 9.17) is 23.4 Å². The first-order valence-corrected chi connectivity index (χ1v) is 13.0. The van der Waals surface area contributed by atoms with Gasteiger partial charge < -0.3 is 74.4 Å². The topological polar surface area (TPSA) is 269 Å². The van der Waals surface area contributed by atoms with E-state index >= 15 is 0 Å². The smallest absolute Gasteiger partial charge is 0.239 e. The third-order valence-corrected chi connectivity index (χ3v) is 7.29. The van der Waals surface area contributed by atoms with Crippen molar-refractivity contribution in [3.63, 3.8) is 0 Å². The van der Waals surface area contributed by atoms with E-state index in [0.29, 0.717) is 0 Å². The molecule has 10 atom stereocenters. The van der Waals surface area contributed by atoms with Gasteiger partial charge in [0.25, 0.3) is 0 Å². The average molecular weight is 611 g/mol. The zero-order valence-electron chi connectivity index (χ0n) is 22.3. The van der Waals surface area contributed by atoms with Crippen LogP contribution in [0.25, 0.3) is 22.3 Å². The van der Waals surface area contributed by atoms with Crippen molar-refractivity contribution in [3.8, 4) is 40.1 Å². The molecule has 3 aromatic rings. The molecule has 2 fully saturated rings. The van der Waals surface area contributed by atoms with Crippen LogP contribution in [0.1, 0.15) is 6.92 Å². The lowest BCUT2D eigenvalue weighted by Crippen LogP contribution is -2.61. The molecule has 10 N–H and O–H groups in total. The van der Waals surface area contributed by atoms with E-state index < -0.39 is 113 Å². The van der Waals surface area contributed by atoms with Gasteiger partial charge in [-0.25, -0.2) is 0 Å². The summed E-state index contributed by atoms with van der Waals surface area (Å²) in [6.07, 6.45) is -16.2. The van der Waals surface area contributed by atoms with Crippen LogP contribution >= 0.6 is 0 Å². The van der Waals surface area contributed by atoms with Crippen molar-refractivity contribution in [1.82, 2.24) is 0 Å². The Morgan fingerprint density at radius 3 is 2.12 bits per heavy atom. The maximum absolute atomic E-state index is 13.6. The minimum absolute atomic E-state index is 0.0313. The highest BCUT2D eigenvalue weighted by atomic mass is 16.7. The van der Waals surface area contributed by atoms with E-state index in [1.165, 1.54) is 13.0 Å². The number of aromatic hydroxyl groups is 4. The van der Waals surface area contributed by atoms with Crippen molar-refractivity contribution in [2.24, 2.45) is 0 Å². The Bertz CT molecular complexity index is 1540. The van der Waals surface area contributed by atoms with E-state index in [2.05, 4.69) is 0 Å². The molecule has 3 heterocycles. The van der Waals surface area contributed by atoms with Gasteiger partial charge in [0.1, 0.15) is 65.2 Å². The van der Waals surface area contributed by atoms with Crippen molar-refractivity contribution in [3.05, 3.63) is 40.6 Å². The zero-order valence-corrected chi connectivity index (χ0v) is 22.3. The zero-order chi connectivity index (χ0) is 31.3. The van der Waals surface area contributed by atoms with Crippen molar-refractivity contribution in [2.75, 3.05) is 6.61 Å². The predicted molar refractivity (Wildman–Crippen MR) is 140 cm³/mol. The Kier molecular flexibility index (Phi) is 8.41. The molecule has 2 aliphatic rings. The minimum atomic E-state index is -1.97. The highest BCUT2D eigenvalue weighted by molar-refractivity contribution is 5.88. The number of hydrogen-bond donors (Lipinski definition) is 10. The number of benzene rings is 2. The summed E-state index contributed by atoms with van der Waals surface area (Å²) >= 11 is 0. The molecule has 16 heteroatoms. The molecule has 234 valence electrons. The molecule has 43 heavy (non-hydrogen) atoms. The summed E-state index contributed by atoms with van der Waals surface area (Å²) in [6, 6.07) is 5.24. The Hall–Kier alpha value is -3.71. The summed E-state index contributed by atoms with van der Waals surface area (Å²) in [7, 11) is 0. The van der Waals surface area contributed by atoms with Gasteiger partial charge in [0.2, 0.25) is 17.5 Å². The van der Waals surface area contributed by atoms with Gasteiger partial charge in [-0.3, -0.25) is 4.79 Å². The van der Waals surface area contributed by atoms with Gasteiger partial charge in [0.05, 0.1) is 12.7 Å². The van der Waals surface area contributed by atoms with Crippen LogP contribution in [0.3, 0.4) is 0 Å². The molecule has 5 rings (SSSR count). The molecule has 2 aromatic carbocycles. The van der Waals surface area contributed by atoms with Gasteiger partial charge >= 0.3 is 0 Å². The molecule has 0 spiro atoms. The molecule has 0 amide bonds. The lowest BCUT2D eigenvalue weighted by molar-refractivity contribution is -0.318. The maximum atomic E-state index is 13.6. The monoisotopic (exact) mass is 610 g/mol. The molecule has 2 aliphatic heterocycles. The summed E-state index contributed by atoms with van der Waals surface area (Å²) in [6.45, 7) is 0.818. The predicted octanol–water partition coefficient (Wildman–Crippen LogP) is -1.69. The van der Waals surface area contributed by atoms with Crippen LogP contribution in [0.15, 0.2) is 39.5 Å². The van der Waals surface area contributed by atoms with Crippen LogP contribution in [-0.2, 0) is 14.2 Å². The van der Waals surface area contributed by atoms with Gasteiger partial charge in [-0.15, -0.1) is 0 Å². The number of aliphatic hydroxyl groups excluding tert-OH is 6. The molecule has 0 radical (unpaired) electrons. The van der Waals surface area contributed by atoms with Crippen molar-refractivity contribution < 1.29 is 74.4 Å². The first-order chi connectivity index (χ1) is 20.3. The van der Waals surface area contributed by atoms with E-state index in [0.717, 1.165) is 24.3 Å². The standard InChI is InChI=1S/C27H30O16/c1-8-17(32)20(35)22(37)26(40-8)39-7-15-18(33)21(36)23(38)27(42-15)43-25-19(34)16-13(31)5-10(28)6-14(16)41-24(25)9-2-3-11(29)12(30)4-9/h2-6,8,15,17-18,20-23,26-33,35-38H,7H2,1H3/t8-,15+,17-,18+,20-,21+,22-,23+,26+,27-/m0/s1. The quantitative estimate of drug-likeness (QED) is 0.140. The summed E-state index contributed by atoms with van der Waals surface area (Å²) in [5.41, 5.74) is -1.35. The van der Waals surface area contributed by atoms with Gasteiger partial charge in [0.15, 0.2) is 23.5 Å². The fourth-order valence-corrected chi connectivity index (χ4v) is 4.84. The summed E-state index contributed by atoms with van der Waals surface area (Å²) < 4.78 is 27.8. The Morgan fingerprint density at radius 1 is 0.744 bits per heavy atom. The Morgan fingerprint density at radius 2 is 1.42 bits per heavy atom. The van der Waals surface area contributed by atoms with Crippen LogP contribution in [0.2, 0.25) is 0 Å². The van der Waals surface area contributed by atoms with Crippen molar-refractivity contribution in [2.45, 2.75) is 68.3 Å². The molecule has 0 bridgehead atoms. The number of phenolic OH excluding ortho intramolecular Hbond substituents is 4. The first-order valence-electron chi connectivity index (χ1n) is 13.0. The van der Waals surface area contributed by atoms with Crippen LogP contribution in [0.4, 0.5) is 0 Å². The number of rotatable bonds is 6. The Balaban J connectivity index is 1.48. The second-order valence-electron chi connectivity index (χ2n) is 10.3. The first kappa shape index (κ1) is 30.7. The van der Waals surface area contributed by atoms with Crippen LogP contribution < -0.4 is 10.2 Å². The third kappa shape index (κ3) is 5.67. The Labute approximate surface area is 241 Å². The van der Waals surface area contributed by atoms with Gasteiger partial charge in [-0.1, -0.05) is 0 Å². The van der Waals surface area contributed by atoms with E-state index in [1.54, 1.807) is 0 Å². The molecular formula is C27H30O16. The summed E-state index contributed by atoms with van der Waals surface area (Å²) in [4.78, 5) is 13.6. The van der Waals surface area contributed by atoms with Crippen LogP contribution in [-0.4, -0.2) is 119 Å². The number of ether oxygens (including phenoxy) is 4. The van der Waals surface area contributed by atoms with E-state index in [9.17, 15) is 55.9 Å². The molecule has 16 nitrogen and oxygen atoms in total. The molecule has 0 unspecified atom stereocenters. The van der Waals surface area contributed by atoms with Crippen LogP contribution in [0, 0.1) is 0 Å². The fourth-order valence-electron chi connectivity index (χ4n) is 4.84. The number of aliphatic hydroxyl groups is 6. The lowest BCUT2D eigenvalue weighted by Gasteiger charge is -2.42. The average Bonchev–Trinajstić information content (AvgIpc) is 2.96. The summed E-state index contributed by atoms with van der Waals surface area (Å²) in [5, 5.41) is 101. The fraction of sp³-hybridized carbons (Fsp3) is 0.444. The van der Waals surface area contributed by atoms with Gasteiger partial charge in [0, 0.05) is 17.7 Å². The van der Waals surface area contributed by atoms with Crippen molar-refractivity contribution in [1.29, 1.82) is 0 Å². The van der Waals surface area contributed by atoms with Crippen LogP contribution in [0.5, 0.6) is 28.7 Å². The number of phenols is 4. The normalized spacial score (nSPS) is 33.0. The van der Waals surface area contributed by atoms with Crippen molar-refractivity contribution >= 4 is 11.0 Å². The highest BCUT2D eigenvalue weighted by Gasteiger charge is 2.47. The largest absolute Gasteiger partial charge is 0.508 e. The molecule has 0 saturated carbocycles. The third-order valence-electron chi connectivity index (χ3n) is 7.29. The second kappa shape index (κ2) is 11.8. The van der Waals surface area contributed by atoms with Gasteiger partial charge in [-0.05, 0) is 25.1 Å². The molecule has 0 aliphatic carbocycles. The van der Waals surface area contributed by atoms with E-state index in [-0.39, 0.29) is 11.1 Å². The molecular weight excluding hydrogens is 580 g/mol. The molecule has 2 saturated heterocycles. The van der Waals surface area contributed by atoms with Gasteiger partial charge in [-0.2, -0.15) is 0 Å². The minimum Gasteiger partial charge on any atom is -0.508 e. The molecule has 1 aromatic heterocycles.